The Morgan fingerprint density at radius 2 is 1.64 bits per heavy atom. The van der Waals surface area contributed by atoms with Gasteiger partial charge in [-0.15, -0.1) is 0 Å². The molecule has 2 saturated heterocycles. The number of rotatable bonds is 11. The molecule has 226 valence electrons. The van der Waals surface area contributed by atoms with E-state index < -0.39 is 30.1 Å². The van der Waals surface area contributed by atoms with Crippen molar-refractivity contribution in [1.29, 1.82) is 0 Å². The fourth-order valence-electron chi connectivity index (χ4n) is 5.96. The summed E-state index contributed by atoms with van der Waals surface area (Å²) in [6.45, 7) is 4.66. The van der Waals surface area contributed by atoms with E-state index in [0.717, 1.165) is 11.1 Å². The maximum atomic E-state index is 14.1. The summed E-state index contributed by atoms with van der Waals surface area (Å²) in [5.74, 6) is -1.15. The van der Waals surface area contributed by atoms with Gasteiger partial charge in [-0.2, -0.15) is 0 Å². The number of carbonyl (C=O) groups excluding carboxylic acids is 4. The quantitative estimate of drug-likeness (QED) is 0.394. The molecule has 5 atom stereocenters. The number of amides is 3. The van der Waals surface area contributed by atoms with Gasteiger partial charge in [-0.3, -0.25) is 14.9 Å². The molecule has 10 heteroatoms. The second-order valence-corrected chi connectivity index (χ2v) is 10.9. The molecule has 0 spiro atoms. The number of fused-ring (bicyclic) bond motifs is 1. The van der Waals surface area contributed by atoms with Crippen LogP contribution >= 0.6 is 0 Å². The van der Waals surface area contributed by atoms with Gasteiger partial charge in [0.25, 0.3) is 0 Å². The van der Waals surface area contributed by atoms with Crippen molar-refractivity contribution in [2.75, 3.05) is 26.7 Å². The fourth-order valence-corrected chi connectivity index (χ4v) is 5.96. The van der Waals surface area contributed by atoms with Crippen molar-refractivity contribution in [3.8, 4) is 0 Å². The third-order valence-electron chi connectivity index (χ3n) is 8.15. The molecule has 2 aliphatic heterocycles. The van der Waals surface area contributed by atoms with E-state index in [1.165, 1.54) is 0 Å². The highest BCUT2D eigenvalue weighted by Gasteiger charge is 2.51. The van der Waals surface area contributed by atoms with E-state index in [1.807, 2.05) is 60.7 Å². The summed E-state index contributed by atoms with van der Waals surface area (Å²) in [6.07, 6.45) is 2.21. The summed E-state index contributed by atoms with van der Waals surface area (Å²) < 4.78 is 11.0. The molecule has 2 aromatic rings. The lowest BCUT2D eigenvalue weighted by molar-refractivity contribution is -0.157. The van der Waals surface area contributed by atoms with Crippen LogP contribution in [0.3, 0.4) is 0 Å². The topological polar surface area (TPSA) is 117 Å². The van der Waals surface area contributed by atoms with Crippen LogP contribution in [-0.2, 0) is 36.9 Å². The molecular formula is C32H42N4O6. The first kappa shape index (κ1) is 31.0. The number of carbonyl (C=O) groups is 4. The van der Waals surface area contributed by atoms with Crippen LogP contribution in [0, 0.1) is 5.92 Å². The van der Waals surface area contributed by atoms with Crippen molar-refractivity contribution < 1.29 is 28.7 Å². The Balaban J connectivity index is 1.51. The van der Waals surface area contributed by atoms with E-state index in [4.69, 9.17) is 9.47 Å². The Morgan fingerprint density at radius 3 is 2.29 bits per heavy atom. The number of urea groups is 1. The lowest BCUT2D eigenvalue weighted by Gasteiger charge is -2.40. The summed E-state index contributed by atoms with van der Waals surface area (Å²) >= 11 is 0. The summed E-state index contributed by atoms with van der Waals surface area (Å²) in [4.78, 5) is 56.2. The molecule has 0 aliphatic carbocycles. The molecule has 2 N–H and O–H groups in total. The SMILES string of the molecule is CCOC(=O)[C@H](CCc1ccccc1)N[C@H](C)C(=O)N1[C@H](C(=O)OCc2ccccc2)C[C@H]2CCN(C(=O)NC)C[C@@H]21. The van der Waals surface area contributed by atoms with Crippen LogP contribution in [0.2, 0.25) is 0 Å². The van der Waals surface area contributed by atoms with Gasteiger partial charge in [-0.05, 0) is 56.6 Å². The molecule has 10 nitrogen and oxygen atoms in total. The van der Waals surface area contributed by atoms with Crippen LogP contribution in [0.4, 0.5) is 4.79 Å². The minimum absolute atomic E-state index is 0.0512. The summed E-state index contributed by atoms with van der Waals surface area (Å²) in [7, 11) is 1.58. The molecule has 2 fully saturated rings. The van der Waals surface area contributed by atoms with Crippen LogP contribution in [0.25, 0.3) is 0 Å². The molecule has 2 heterocycles. The highest BCUT2D eigenvalue weighted by atomic mass is 16.5. The molecular weight excluding hydrogens is 536 g/mol. The fraction of sp³-hybridized carbons (Fsp3) is 0.500. The number of piperidine rings is 1. The van der Waals surface area contributed by atoms with Gasteiger partial charge in [0.05, 0.1) is 18.7 Å². The largest absolute Gasteiger partial charge is 0.465 e. The minimum atomic E-state index is -0.784. The number of esters is 2. The maximum absolute atomic E-state index is 14.1. The Morgan fingerprint density at radius 1 is 0.976 bits per heavy atom. The molecule has 0 bridgehead atoms. The zero-order valence-electron chi connectivity index (χ0n) is 24.7. The summed E-state index contributed by atoms with van der Waals surface area (Å²) in [5.41, 5.74) is 1.93. The van der Waals surface area contributed by atoms with E-state index in [0.29, 0.717) is 38.8 Å². The normalized spacial score (nSPS) is 21.2. The second-order valence-electron chi connectivity index (χ2n) is 10.9. The van der Waals surface area contributed by atoms with Gasteiger partial charge >= 0.3 is 18.0 Å². The number of benzene rings is 2. The molecule has 0 unspecified atom stereocenters. The van der Waals surface area contributed by atoms with Gasteiger partial charge in [0.15, 0.2) is 0 Å². The van der Waals surface area contributed by atoms with Crippen molar-refractivity contribution in [3.05, 3.63) is 71.8 Å². The van der Waals surface area contributed by atoms with Gasteiger partial charge in [0.2, 0.25) is 5.91 Å². The van der Waals surface area contributed by atoms with E-state index in [9.17, 15) is 19.2 Å². The van der Waals surface area contributed by atoms with E-state index in [-0.39, 0.29) is 37.1 Å². The number of likely N-dealkylation sites (tertiary alicyclic amines) is 2. The Hall–Kier alpha value is -3.92. The monoisotopic (exact) mass is 578 g/mol. The highest BCUT2D eigenvalue weighted by molar-refractivity contribution is 5.89. The van der Waals surface area contributed by atoms with Crippen LogP contribution in [0.5, 0.6) is 0 Å². The van der Waals surface area contributed by atoms with E-state index in [1.54, 1.807) is 30.7 Å². The van der Waals surface area contributed by atoms with E-state index >= 15 is 0 Å². The molecule has 0 saturated carbocycles. The van der Waals surface area contributed by atoms with Crippen molar-refractivity contribution in [2.45, 2.75) is 70.3 Å². The van der Waals surface area contributed by atoms with Crippen molar-refractivity contribution in [2.24, 2.45) is 5.92 Å². The van der Waals surface area contributed by atoms with Crippen LogP contribution in [0.15, 0.2) is 60.7 Å². The third-order valence-corrected chi connectivity index (χ3v) is 8.15. The Labute approximate surface area is 247 Å². The molecule has 2 aliphatic rings. The minimum Gasteiger partial charge on any atom is -0.465 e. The number of hydrogen-bond donors (Lipinski definition) is 2. The predicted octanol–water partition coefficient (Wildman–Crippen LogP) is 2.90. The van der Waals surface area contributed by atoms with Gasteiger partial charge in [-0.1, -0.05) is 60.7 Å². The highest BCUT2D eigenvalue weighted by Crippen LogP contribution is 2.37. The first-order valence-corrected chi connectivity index (χ1v) is 14.8. The lowest BCUT2D eigenvalue weighted by Crippen LogP contribution is -2.59. The lowest BCUT2D eigenvalue weighted by atomic mass is 9.91. The number of hydrogen-bond acceptors (Lipinski definition) is 7. The second kappa shape index (κ2) is 14.8. The predicted molar refractivity (Wildman–Crippen MR) is 157 cm³/mol. The smallest absolute Gasteiger partial charge is 0.329 e. The Bertz CT molecular complexity index is 1210. The average Bonchev–Trinajstić information content (AvgIpc) is 3.41. The van der Waals surface area contributed by atoms with Gasteiger partial charge in [0.1, 0.15) is 18.7 Å². The first-order valence-electron chi connectivity index (χ1n) is 14.8. The molecule has 0 radical (unpaired) electrons. The standard InChI is InChI=1S/C32H42N4O6/c1-4-41-30(38)26(16-15-23-11-7-5-8-12-23)34-22(2)29(37)36-27(31(39)42-21-24-13-9-6-10-14-24)19-25-17-18-35(20-28(25)36)32(40)33-3/h5-14,22,25-28,34H,4,15-21H2,1-3H3,(H,33,40)/t22-,25-,26+,27+,28+/m1/s1. The van der Waals surface area contributed by atoms with Crippen molar-refractivity contribution in [1.82, 2.24) is 20.4 Å². The molecule has 42 heavy (non-hydrogen) atoms. The maximum Gasteiger partial charge on any atom is 0.329 e. The summed E-state index contributed by atoms with van der Waals surface area (Å²) in [6, 6.07) is 16.4. The molecule has 0 aromatic heterocycles. The number of ether oxygens (including phenoxy) is 2. The van der Waals surface area contributed by atoms with Crippen LogP contribution in [0.1, 0.15) is 44.2 Å². The van der Waals surface area contributed by atoms with Gasteiger partial charge < -0.3 is 24.6 Å². The van der Waals surface area contributed by atoms with Gasteiger partial charge in [-0.25, -0.2) is 9.59 Å². The molecule has 4 rings (SSSR count). The number of aryl methyl sites for hydroxylation is 1. The van der Waals surface area contributed by atoms with Crippen molar-refractivity contribution in [3.63, 3.8) is 0 Å². The zero-order chi connectivity index (χ0) is 30.1. The van der Waals surface area contributed by atoms with Crippen LogP contribution in [-0.4, -0.2) is 84.6 Å². The summed E-state index contributed by atoms with van der Waals surface area (Å²) in [5, 5.41) is 5.86. The number of nitrogens with zero attached hydrogens (tertiary/aromatic N) is 2. The number of nitrogens with one attached hydrogen (secondary N) is 2. The molecule has 2 aromatic carbocycles. The van der Waals surface area contributed by atoms with Crippen molar-refractivity contribution >= 4 is 23.9 Å². The Kier molecular flexibility index (Phi) is 10.9. The molecule has 3 amide bonds. The average molecular weight is 579 g/mol. The first-order chi connectivity index (χ1) is 20.3. The van der Waals surface area contributed by atoms with E-state index in [2.05, 4.69) is 10.6 Å². The van der Waals surface area contributed by atoms with Crippen LogP contribution < -0.4 is 10.6 Å². The third kappa shape index (κ3) is 7.67. The van der Waals surface area contributed by atoms with Gasteiger partial charge in [0, 0.05) is 20.1 Å². The zero-order valence-corrected chi connectivity index (χ0v) is 24.7.